The van der Waals surface area contributed by atoms with Gasteiger partial charge in [0, 0.05) is 0 Å². The lowest BCUT2D eigenvalue weighted by Crippen LogP contribution is -2.37. The predicted molar refractivity (Wildman–Crippen MR) is 69.8 cm³/mol. The van der Waals surface area contributed by atoms with Gasteiger partial charge in [-0.05, 0) is 55.9 Å². The van der Waals surface area contributed by atoms with Crippen LogP contribution in [0.3, 0.4) is 0 Å². The molecule has 1 saturated carbocycles. The second-order valence-electron chi connectivity index (χ2n) is 5.90. The van der Waals surface area contributed by atoms with E-state index >= 15 is 0 Å². The van der Waals surface area contributed by atoms with Gasteiger partial charge in [-0.3, -0.25) is 0 Å². The van der Waals surface area contributed by atoms with Crippen LogP contribution in [0.25, 0.3) is 0 Å². The summed E-state index contributed by atoms with van der Waals surface area (Å²) in [6, 6.07) is 0. The Morgan fingerprint density at radius 1 is 1.20 bits per heavy atom. The lowest BCUT2D eigenvalue weighted by Gasteiger charge is -2.42. The molecule has 0 aromatic rings. The number of fused-ring (bicyclic) bond motifs is 4. The molecule has 2 heteroatoms. The molecule has 0 spiro atoms. The third-order valence-electron chi connectivity index (χ3n) is 4.62. The van der Waals surface area contributed by atoms with Crippen LogP contribution in [0.15, 0.2) is 0 Å². The molecular weight excluding hydrogens is 204 g/mol. The van der Waals surface area contributed by atoms with E-state index in [-0.39, 0.29) is 10.9 Å². The number of hydrogen-bond donors (Lipinski definition) is 1. The zero-order chi connectivity index (χ0) is 11.1. The van der Waals surface area contributed by atoms with Gasteiger partial charge >= 0.3 is 0 Å². The molecule has 1 aliphatic carbocycles. The van der Waals surface area contributed by atoms with Crippen LogP contribution >= 0.6 is 10.9 Å². The van der Waals surface area contributed by atoms with Gasteiger partial charge in [0.15, 0.2) is 0 Å². The minimum atomic E-state index is 0.0573. The van der Waals surface area contributed by atoms with Crippen LogP contribution in [0.2, 0.25) is 0 Å². The van der Waals surface area contributed by atoms with Crippen molar-refractivity contribution in [1.82, 2.24) is 0 Å². The first-order valence-electron chi connectivity index (χ1n) is 6.36. The van der Waals surface area contributed by atoms with Crippen LogP contribution < -0.4 is 0 Å². The summed E-state index contributed by atoms with van der Waals surface area (Å²) in [7, 11) is 0.0573. The first-order chi connectivity index (χ1) is 7.05. The van der Waals surface area contributed by atoms with Crippen LogP contribution in [0, 0.1) is 17.8 Å². The molecule has 3 atom stereocenters. The minimum absolute atomic E-state index is 0.0573. The summed E-state index contributed by atoms with van der Waals surface area (Å²) < 4.78 is 6.26. The van der Waals surface area contributed by atoms with E-state index < -0.39 is 0 Å². The maximum Gasteiger partial charge on any atom is 0.0956 e. The van der Waals surface area contributed by atoms with Gasteiger partial charge in [0.05, 0.1) is 11.5 Å². The van der Waals surface area contributed by atoms with E-state index in [0.717, 1.165) is 24.4 Å². The van der Waals surface area contributed by atoms with Crippen LogP contribution in [-0.4, -0.2) is 24.1 Å². The van der Waals surface area contributed by atoms with E-state index in [2.05, 4.69) is 26.4 Å². The summed E-state index contributed by atoms with van der Waals surface area (Å²) in [5, 5.41) is 0. The Balaban J connectivity index is 2.14. The van der Waals surface area contributed by atoms with E-state index in [9.17, 15) is 0 Å². The van der Waals surface area contributed by atoms with Crippen molar-refractivity contribution in [3.63, 3.8) is 0 Å². The molecule has 2 aliphatic heterocycles. The van der Waals surface area contributed by atoms with Gasteiger partial charge in [-0.2, -0.15) is 0 Å². The maximum absolute atomic E-state index is 6.26. The normalized spacial score (nSPS) is 41.8. The SMILES string of the molecule is CC(C)C1CCC2([SH](C)C)CCC1CO2. The molecule has 3 fully saturated rings. The summed E-state index contributed by atoms with van der Waals surface area (Å²) in [4.78, 5) is 0.301. The summed E-state index contributed by atoms with van der Waals surface area (Å²) in [5.74, 6) is 2.62. The second-order valence-corrected chi connectivity index (χ2v) is 8.50. The van der Waals surface area contributed by atoms with E-state index in [4.69, 9.17) is 4.74 Å². The third-order valence-corrected chi connectivity index (χ3v) is 6.82. The summed E-state index contributed by atoms with van der Waals surface area (Å²) in [6.07, 6.45) is 10.3. The number of ether oxygens (including phenoxy) is 1. The second kappa shape index (κ2) is 4.29. The Kier molecular flexibility index (Phi) is 3.37. The van der Waals surface area contributed by atoms with Crippen molar-refractivity contribution >= 4 is 10.9 Å². The Labute approximate surface area is 97.3 Å². The van der Waals surface area contributed by atoms with Crippen molar-refractivity contribution in [3.05, 3.63) is 0 Å². The molecule has 3 unspecified atom stereocenters. The summed E-state index contributed by atoms with van der Waals surface area (Å²) in [6.45, 7) is 5.82. The highest BCUT2D eigenvalue weighted by molar-refractivity contribution is 8.16. The van der Waals surface area contributed by atoms with Crippen LogP contribution in [0.5, 0.6) is 0 Å². The highest BCUT2D eigenvalue weighted by Gasteiger charge is 2.44. The van der Waals surface area contributed by atoms with Crippen molar-refractivity contribution in [2.75, 3.05) is 19.1 Å². The lowest BCUT2D eigenvalue weighted by molar-refractivity contribution is -0.0356. The smallest absolute Gasteiger partial charge is 0.0956 e. The molecule has 15 heavy (non-hydrogen) atoms. The molecule has 3 aliphatic rings. The number of thiol groups is 1. The number of rotatable bonds is 2. The monoisotopic (exact) mass is 230 g/mol. The maximum atomic E-state index is 6.26. The van der Waals surface area contributed by atoms with Crippen molar-refractivity contribution in [3.8, 4) is 0 Å². The molecule has 90 valence electrons. The first kappa shape index (κ1) is 11.8. The van der Waals surface area contributed by atoms with Crippen molar-refractivity contribution < 1.29 is 4.74 Å². The molecule has 0 radical (unpaired) electrons. The first-order valence-corrected chi connectivity index (χ1v) is 8.60. The Morgan fingerprint density at radius 3 is 2.33 bits per heavy atom. The quantitative estimate of drug-likeness (QED) is 0.715. The zero-order valence-corrected chi connectivity index (χ0v) is 11.5. The van der Waals surface area contributed by atoms with E-state index in [1.807, 2.05) is 0 Å². The third kappa shape index (κ3) is 2.08. The fourth-order valence-corrected chi connectivity index (χ4v) is 4.93. The van der Waals surface area contributed by atoms with Crippen molar-refractivity contribution in [2.24, 2.45) is 17.8 Å². The predicted octanol–water partition coefficient (Wildman–Crippen LogP) is 3.44. The van der Waals surface area contributed by atoms with Gasteiger partial charge in [0.1, 0.15) is 0 Å². The Bertz CT molecular complexity index is 217. The average Bonchev–Trinajstić information content (AvgIpc) is 2.48. The molecule has 0 aromatic heterocycles. The molecule has 3 rings (SSSR count). The number of hydrogen-bond acceptors (Lipinski definition) is 1. The average molecular weight is 230 g/mol. The molecule has 0 amide bonds. The van der Waals surface area contributed by atoms with Gasteiger partial charge < -0.3 is 4.74 Å². The van der Waals surface area contributed by atoms with Gasteiger partial charge in [-0.25, -0.2) is 10.9 Å². The summed E-state index contributed by atoms with van der Waals surface area (Å²) >= 11 is 0. The molecule has 0 N–H and O–H groups in total. The highest BCUT2D eigenvalue weighted by atomic mass is 32.2. The van der Waals surface area contributed by atoms with Gasteiger partial charge in [0.25, 0.3) is 0 Å². The minimum Gasteiger partial charge on any atom is -0.366 e. The fourth-order valence-electron chi connectivity index (χ4n) is 3.45. The molecular formula is C13H26OS. The van der Waals surface area contributed by atoms with Crippen LogP contribution in [0.4, 0.5) is 0 Å². The zero-order valence-electron chi connectivity index (χ0n) is 10.6. The van der Waals surface area contributed by atoms with Crippen molar-refractivity contribution in [1.29, 1.82) is 0 Å². The fraction of sp³-hybridized carbons (Fsp3) is 1.00. The lowest BCUT2D eigenvalue weighted by atomic mass is 9.80. The molecule has 2 saturated heterocycles. The van der Waals surface area contributed by atoms with Crippen LogP contribution in [-0.2, 0) is 4.74 Å². The van der Waals surface area contributed by atoms with Crippen molar-refractivity contribution in [2.45, 2.75) is 44.5 Å². The van der Waals surface area contributed by atoms with E-state index in [0.29, 0.717) is 4.93 Å². The standard InChI is InChI=1S/C13H26OS/c1-10(2)12-6-8-13(15(3)4)7-5-11(12)9-14-13/h10-12,15H,5-9H2,1-4H3. The van der Waals surface area contributed by atoms with Crippen LogP contribution in [0.1, 0.15) is 39.5 Å². The Hall–Kier alpha value is 0.310. The van der Waals surface area contributed by atoms with Gasteiger partial charge in [-0.1, -0.05) is 13.8 Å². The molecule has 1 nitrogen and oxygen atoms in total. The van der Waals surface area contributed by atoms with Gasteiger partial charge in [0.2, 0.25) is 0 Å². The molecule has 0 aromatic carbocycles. The topological polar surface area (TPSA) is 9.23 Å². The largest absolute Gasteiger partial charge is 0.366 e. The van der Waals surface area contributed by atoms with Gasteiger partial charge in [-0.15, -0.1) is 0 Å². The van der Waals surface area contributed by atoms with E-state index in [1.165, 1.54) is 25.7 Å². The molecule has 2 heterocycles. The Morgan fingerprint density at radius 2 is 1.87 bits per heavy atom. The molecule has 2 bridgehead atoms. The highest BCUT2D eigenvalue weighted by Crippen LogP contribution is 2.53. The summed E-state index contributed by atoms with van der Waals surface area (Å²) in [5.41, 5.74) is 0. The van der Waals surface area contributed by atoms with E-state index in [1.54, 1.807) is 0 Å².